The summed E-state index contributed by atoms with van der Waals surface area (Å²) in [5.74, 6) is 0. The van der Waals surface area contributed by atoms with E-state index < -0.39 is 0 Å². The van der Waals surface area contributed by atoms with Gasteiger partial charge in [-0.2, -0.15) is 0 Å². The van der Waals surface area contributed by atoms with Crippen LogP contribution in [0, 0.1) is 0 Å². The quantitative estimate of drug-likeness (QED) is 0.888. The van der Waals surface area contributed by atoms with E-state index in [9.17, 15) is 0 Å². The lowest BCUT2D eigenvalue weighted by Crippen LogP contribution is -2.27. The monoisotopic (exact) mass is 308 g/mol. The van der Waals surface area contributed by atoms with Crippen LogP contribution in [0.25, 0.3) is 0 Å². The Balaban J connectivity index is 2.44. The van der Waals surface area contributed by atoms with Crippen molar-refractivity contribution in [1.29, 1.82) is 0 Å². The van der Waals surface area contributed by atoms with Gasteiger partial charge < -0.3 is 5.32 Å². The molecule has 2 aromatic rings. The Bertz CT molecular complexity index is 568. The Morgan fingerprint density at radius 2 is 2.10 bits per heavy atom. The van der Waals surface area contributed by atoms with Crippen LogP contribution < -0.4 is 5.32 Å². The van der Waals surface area contributed by atoms with Crippen LogP contribution in [-0.4, -0.2) is 31.1 Å². The highest BCUT2D eigenvalue weighted by Crippen LogP contribution is 2.33. The molecule has 0 aliphatic heterocycles. The average Bonchev–Trinajstić information content (AvgIpc) is 3.04. The van der Waals surface area contributed by atoms with Gasteiger partial charge in [-0.05, 0) is 24.5 Å². The molecule has 0 bridgehead atoms. The highest BCUT2D eigenvalue weighted by molar-refractivity contribution is 7.05. The maximum Gasteiger partial charge on any atom is 0.0893 e. The normalized spacial score (nSPS) is 13.6. The summed E-state index contributed by atoms with van der Waals surface area (Å²) in [6.45, 7) is 12.5. The number of aromatic nitrogens is 5. The van der Waals surface area contributed by atoms with Gasteiger partial charge >= 0.3 is 0 Å². The van der Waals surface area contributed by atoms with Gasteiger partial charge in [-0.15, -0.1) is 10.2 Å². The SMILES string of the molecule is CCCn1nncc1C(NCC)c1snnc1C(C)(C)C. The third-order valence-corrected chi connectivity index (χ3v) is 4.06. The van der Waals surface area contributed by atoms with Crippen LogP contribution >= 0.6 is 11.5 Å². The Morgan fingerprint density at radius 1 is 1.33 bits per heavy atom. The molecule has 0 saturated heterocycles. The molecule has 1 unspecified atom stereocenters. The van der Waals surface area contributed by atoms with Crippen molar-refractivity contribution in [1.82, 2.24) is 29.9 Å². The largest absolute Gasteiger partial charge is 0.304 e. The molecule has 116 valence electrons. The minimum absolute atomic E-state index is 0.0287. The van der Waals surface area contributed by atoms with Gasteiger partial charge in [0.2, 0.25) is 0 Å². The van der Waals surface area contributed by atoms with Crippen molar-refractivity contribution >= 4 is 11.5 Å². The first-order valence-corrected chi connectivity index (χ1v) is 8.20. The summed E-state index contributed by atoms with van der Waals surface area (Å²) >= 11 is 1.46. The van der Waals surface area contributed by atoms with Crippen molar-refractivity contribution in [2.24, 2.45) is 0 Å². The molecule has 1 atom stereocenters. The maximum absolute atomic E-state index is 4.35. The first kappa shape index (κ1) is 16.0. The highest BCUT2D eigenvalue weighted by atomic mass is 32.1. The van der Waals surface area contributed by atoms with E-state index in [4.69, 9.17) is 0 Å². The van der Waals surface area contributed by atoms with E-state index in [0.717, 1.165) is 35.8 Å². The fraction of sp³-hybridized carbons (Fsp3) is 0.714. The Morgan fingerprint density at radius 3 is 2.71 bits per heavy atom. The summed E-state index contributed by atoms with van der Waals surface area (Å²) in [4.78, 5) is 1.16. The molecule has 0 spiro atoms. The minimum atomic E-state index is -0.0287. The summed E-state index contributed by atoms with van der Waals surface area (Å²) in [5.41, 5.74) is 2.09. The summed E-state index contributed by atoms with van der Waals surface area (Å²) in [6, 6.07) is 0.0470. The molecular weight excluding hydrogens is 284 g/mol. The van der Waals surface area contributed by atoms with Crippen molar-refractivity contribution in [2.75, 3.05) is 6.54 Å². The highest BCUT2D eigenvalue weighted by Gasteiger charge is 2.29. The average molecular weight is 308 g/mol. The maximum atomic E-state index is 4.35. The topological polar surface area (TPSA) is 68.5 Å². The number of hydrogen-bond donors (Lipinski definition) is 1. The fourth-order valence-corrected chi connectivity index (χ4v) is 3.27. The zero-order valence-corrected chi connectivity index (χ0v) is 14.2. The standard InChI is InChI=1S/C14H24N6S/c1-6-8-20-10(9-16-18-20)11(15-7-2)12-13(14(3,4)5)17-19-21-12/h9,11,15H,6-8H2,1-5H3. The van der Waals surface area contributed by atoms with Crippen LogP contribution in [-0.2, 0) is 12.0 Å². The molecule has 0 saturated carbocycles. The number of rotatable bonds is 6. The van der Waals surface area contributed by atoms with E-state index >= 15 is 0 Å². The smallest absolute Gasteiger partial charge is 0.0893 e. The number of nitrogens with zero attached hydrogens (tertiary/aromatic N) is 5. The number of hydrogen-bond acceptors (Lipinski definition) is 6. The molecule has 2 rings (SSSR count). The molecule has 0 aromatic carbocycles. The van der Waals surface area contributed by atoms with E-state index in [-0.39, 0.29) is 11.5 Å². The molecule has 6 nitrogen and oxygen atoms in total. The lowest BCUT2D eigenvalue weighted by molar-refractivity contribution is 0.501. The second kappa shape index (κ2) is 6.62. The Kier molecular flexibility index (Phi) is 5.05. The van der Waals surface area contributed by atoms with Gasteiger partial charge in [0.05, 0.1) is 28.5 Å². The lowest BCUT2D eigenvalue weighted by atomic mass is 9.89. The van der Waals surface area contributed by atoms with Crippen molar-refractivity contribution in [2.45, 2.75) is 59.0 Å². The van der Waals surface area contributed by atoms with Crippen LogP contribution in [0.3, 0.4) is 0 Å². The zero-order valence-electron chi connectivity index (χ0n) is 13.4. The van der Waals surface area contributed by atoms with Crippen molar-refractivity contribution in [3.63, 3.8) is 0 Å². The zero-order chi connectivity index (χ0) is 15.5. The molecular formula is C14H24N6S. The molecule has 0 radical (unpaired) electrons. The molecule has 0 aliphatic rings. The summed E-state index contributed by atoms with van der Waals surface area (Å²) < 4.78 is 6.15. The van der Waals surface area contributed by atoms with Gasteiger partial charge in [0.15, 0.2) is 0 Å². The molecule has 0 fully saturated rings. The Hall–Kier alpha value is -1.34. The summed E-state index contributed by atoms with van der Waals surface area (Å²) in [7, 11) is 0. The minimum Gasteiger partial charge on any atom is -0.304 e. The van der Waals surface area contributed by atoms with E-state index in [1.165, 1.54) is 11.5 Å². The van der Waals surface area contributed by atoms with Gasteiger partial charge in [-0.3, -0.25) is 0 Å². The van der Waals surface area contributed by atoms with Gasteiger partial charge in [0.25, 0.3) is 0 Å². The van der Waals surface area contributed by atoms with E-state index in [2.05, 4.69) is 59.8 Å². The van der Waals surface area contributed by atoms with Crippen molar-refractivity contribution in [3.05, 3.63) is 22.5 Å². The van der Waals surface area contributed by atoms with Crippen LogP contribution in [0.1, 0.15) is 63.3 Å². The van der Waals surface area contributed by atoms with Crippen LogP contribution in [0.4, 0.5) is 0 Å². The Labute approximate surface area is 130 Å². The number of nitrogens with one attached hydrogen (secondary N) is 1. The first-order valence-electron chi connectivity index (χ1n) is 7.43. The molecule has 0 aliphatic carbocycles. The van der Waals surface area contributed by atoms with Crippen molar-refractivity contribution in [3.8, 4) is 0 Å². The fourth-order valence-electron chi connectivity index (χ4n) is 2.32. The van der Waals surface area contributed by atoms with E-state index in [1.54, 1.807) is 0 Å². The summed E-state index contributed by atoms with van der Waals surface area (Å²) in [5, 5.41) is 16.2. The van der Waals surface area contributed by atoms with Crippen molar-refractivity contribution < 1.29 is 0 Å². The summed E-state index contributed by atoms with van der Waals surface area (Å²) in [6.07, 6.45) is 2.87. The second-order valence-corrected chi connectivity index (χ2v) is 6.89. The number of aryl methyl sites for hydroxylation is 1. The van der Waals surface area contributed by atoms with E-state index in [1.807, 2.05) is 10.9 Å². The van der Waals surface area contributed by atoms with Gasteiger partial charge in [-0.1, -0.05) is 44.3 Å². The van der Waals surface area contributed by atoms with Gasteiger partial charge in [0, 0.05) is 12.0 Å². The molecule has 7 heteroatoms. The van der Waals surface area contributed by atoms with Crippen LogP contribution in [0.15, 0.2) is 6.20 Å². The van der Waals surface area contributed by atoms with E-state index in [0.29, 0.717) is 0 Å². The first-order chi connectivity index (χ1) is 9.99. The molecule has 21 heavy (non-hydrogen) atoms. The third kappa shape index (κ3) is 3.47. The van der Waals surface area contributed by atoms with Gasteiger partial charge in [0.1, 0.15) is 0 Å². The third-order valence-electron chi connectivity index (χ3n) is 3.27. The van der Waals surface area contributed by atoms with Crippen LogP contribution in [0.5, 0.6) is 0 Å². The predicted molar refractivity (Wildman–Crippen MR) is 84.4 cm³/mol. The second-order valence-electron chi connectivity index (χ2n) is 6.11. The van der Waals surface area contributed by atoms with Crippen LogP contribution in [0.2, 0.25) is 0 Å². The lowest BCUT2D eigenvalue weighted by Gasteiger charge is -2.22. The molecule has 2 aromatic heterocycles. The molecule has 1 N–H and O–H groups in total. The predicted octanol–water partition coefficient (Wildman–Crippen LogP) is 2.54. The molecule has 0 amide bonds. The van der Waals surface area contributed by atoms with Gasteiger partial charge in [-0.25, -0.2) is 4.68 Å². The molecule has 2 heterocycles.